The van der Waals surface area contributed by atoms with E-state index in [1.54, 1.807) is 0 Å². The number of carboxylic acids is 1. The number of halogens is 3. The van der Waals surface area contributed by atoms with E-state index < -0.39 is 17.7 Å². The lowest BCUT2D eigenvalue weighted by Gasteiger charge is -2.22. The highest BCUT2D eigenvalue weighted by Gasteiger charge is 2.33. The molecule has 0 amide bonds. The van der Waals surface area contributed by atoms with Crippen LogP contribution in [0.3, 0.4) is 0 Å². The van der Waals surface area contributed by atoms with Crippen molar-refractivity contribution < 1.29 is 32.5 Å². The largest absolute Gasteiger partial charge is 0.489 e. The smallest absolute Gasteiger partial charge is 0.416 e. The van der Waals surface area contributed by atoms with E-state index in [-0.39, 0.29) is 30.8 Å². The van der Waals surface area contributed by atoms with Crippen LogP contribution in [0.1, 0.15) is 29.5 Å². The van der Waals surface area contributed by atoms with Crippen LogP contribution < -0.4 is 4.74 Å². The maximum absolute atomic E-state index is 13.4. The molecule has 160 valence electrons. The zero-order valence-electron chi connectivity index (χ0n) is 16.4. The second-order valence-corrected chi connectivity index (χ2v) is 7.17. The number of hydrogen-bond acceptors (Lipinski definition) is 3. The van der Waals surface area contributed by atoms with Crippen molar-refractivity contribution in [3.8, 4) is 5.75 Å². The van der Waals surface area contributed by atoms with E-state index in [0.29, 0.717) is 13.2 Å². The van der Waals surface area contributed by atoms with Crippen LogP contribution in [0.4, 0.5) is 13.2 Å². The average molecular weight is 420 g/mol. The van der Waals surface area contributed by atoms with Crippen molar-refractivity contribution in [1.29, 1.82) is 0 Å². The van der Waals surface area contributed by atoms with Crippen LogP contribution in [-0.4, -0.2) is 30.9 Å². The highest BCUT2D eigenvalue weighted by atomic mass is 19.4. The van der Waals surface area contributed by atoms with Crippen LogP contribution in [0.25, 0.3) is 0 Å². The first kappa shape index (κ1) is 21.9. The number of aryl methyl sites for hydroxylation is 1. The SMILES string of the molecule is O=C(O)CCc1ccc(OCC2=C(Cc3ccccc3)CCOC2)cc1C(F)(F)F. The molecule has 0 spiro atoms. The molecule has 2 aromatic rings. The maximum atomic E-state index is 13.4. The fraction of sp³-hybridized carbons (Fsp3) is 0.348. The van der Waals surface area contributed by atoms with Crippen molar-refractivity contribution in [2.75, 3.05) is 19.8 Å². The Balaban J connectivity index is 1.75. The van der Waals surface area contributed by atoms with Gasteiger partial charge in [0.15, 0.2) is 0 Å². The quantitative estimate of drug-likeness (QED) is 0.607. The van der Waals surface area contributed by atoms with Crippen molar-refractivity contribution in [2.24, 2.45) is 0 Å². The minimum Gasteiger partial charge on any atom is -0.489 e. The van der Waals surface area contributed by atoms with E-state index >= 15 is 0 Å². The van der Waals surface area contributed by atoms with Gasteiger partial charge >= 0.3 is 12.1 Å². The third-order valence-corrected chi connectivity index (χ3v) is 4.99. The van der Waals surface area contributed by atoms with Crippen molar-refractivity contribution in [1.82, 2.24) is 0 Å². The average Bonchev–Trinajstić information content (AvgIpc) is 2.72. The van der Waals surface area contributed by atoms with Crippen molar-refractivity contribution in [2.45, 2.75) is 31.9 Å². The molecule has 1 aliphatic heterocycles. The molecular weight excluding hydrogens is 397 g/mol. The summed E-state index contributed by atoms with van der Waals surface area (Å²) in [6, 6.07) is 13.6. The van der Waals surface area contributed by atoms with Gasteiger partial charge in [0, 0.05) is 6.42 Å². The van der Waals surface area contributed by atoms with E-state index in [2.05, 4.69) is 0 Å². The number of ether oxygens (including phenoxy) is 2. The zero-order chi connectivity index (χ0) is 21.6. The molecule has 1 heterocycles. The number of aliphatic carboxylic acids is 1. The first-order valence-electron chi connectivity index (χ1n) is 9.69. The molecule has 7 heteroatoms. The Morgan fingerprint density at radius 3 is 2.57 bits per heavy atom. The highest BCUT2D eigenvalue weighted by molar-refractivity contribution is 5.67. The Morgan fingerprint density at radius 1 is 1.10 bits per heavy atom. The van der Waals surface area contributed by atoms with Gasteiger partial charge < -0.3 is 14.6 Å². The number of carbonyl (C=O) groups is 1. The van der Waals surface area contributed by atoms with Gasteiger partial charge in [-0.25, -0.2) is 0 Å². The van der Waals surface area contributed by atoms with Crippen LogP contribution in [0, 0.1) is 0 Å². The van der Waals surface area contributed by atoms with Gasteiger partial charge in [-0.3, -0.25) is 4.79 Å². The summed E-state index contributed by atoms with van der Waals surface area (Å²) >= 11 is 0. The standard InChI is InChI=1S/C23H23F3O4/c24-23(25,26)21-13-20(8-6-17(21)7-9-22(27)28)30-15-19-14-29-11-10-18(19)12-16-4-2-1-3-5-16/h1-6,8,13H,7,9-12,14-15H2,(H,27,28). The number of alkyl halides is 3. The number of rotatable bonds is 8. The van der Waals surface area contributed by atoms with Crippen molar-refractivity contribution >= 4 is 5.97 Å². The molecule has 0 aromatic heterocycles. The molecule has 1 aliphatic rings. The minimum absolute atomic E-state index is 0.0535. The van der Waals surface area contributed by atoms with Gasteiger partial charge in [0.05, 0.1) is 18.8 Å². The molecule has 4 nitrogen and oxygen atoms in total. The predicted octanol–water partition coefficient (Wildman–Crippen LogP) is 5.06. The Hall–Kier alpha value is -2.80. The van der Waals surface area contributed by atoms with Gasteiger partial charge in [-0.1, -0.05) is 42.0 Å². The summed E-state index contributed by atoms with van der Waals surface area (Å²) in [5.74, 6) is -1.04. The molecule has 0 aliphatic carbocycles. The molecule has 30 heavy (non-hydrogen) atoms. The normalized spacial score (nSPS) is 14.6. The molecular formula is C23H23F3O4. The Labute approximate surface area is 172 Å². The Kier molecular flexibility index (Phi) is 7.15. The monoisotopic (exact) mass is 420 g/mol. The molecule has 0 fully saturated rings. The Bertz CT molecular complexity index is 904. The molecule has 3 rings (SSSR count). The van der Waals surface area contributed by atoms with E-state index in [0.717, 1.165) is 30.0 Å². The second-order valence-electron chi connectivity index (χ2n) is 7.17. The minimum atomic E-state index is -4.58. The summed E-state index contributed by atoms with van der Waals surface area (Å²) in [5.41, 5.74) is 2.37. The van der Waals surface area contributed by atoms with E-state index in [1.165, 1.54) is 17.7 Å². The van der Waals surface area contributed by atoms with Crippen LogP contribution in [0.15, 0.2) is 59.7 Å². The molecule has 0 radical (unpaired) electrons. The summed E-state index contributed by atoms with van der Waals surface area (Å²) in [6.45, 7) is 1.15. The van der Waals surface area contributed by atoms with Crippen LogP contribution in [0.5, 0.6) is 5.75 Å². The third kappa shape index (κ3) is 6.10. The van der Waals surface area contributed by atoms with Crippen LogP contribution in [0.2, 0.25) is 0 Å². The summed E-state index contributed by atoms with van der Waals surface area (Å²) < 4.78 is 51.5. The molecule has 2 aromatic carbocycles. The van der Waals surface area contributed by atoms with E-state index in [1.807, 2.05) is 30.3 Å². The second kappa shape index (κ2) is 9.80. The topological polar surface area (TPSA) is 55.8 Å². The molecule has 1 N–H and O–H groups in total. The van der Waals surface area contributed by atoms with Gasteiger partial charge in [-0.05, 0) is 48.1 Å². The van der Waals surface area contributed by atoms with Gasteiger partial charge in [-0.2, -0.15) is 13.2 Å². The summed E-state index contributed by atoms with van der Waals surface area (Å²) in [7, 11) is 0. The molecule has 0 bridgehead atoms. The maximum Gasteiger partial charge on any atom is 0.416 e. The van der Waals surface area contributed by atoms with Gasteiger partial charge in [0.2, 0.25) is 0 Å². The summed E-state index contributed by atoms with van der Waals surface area (Å²) in [5, 5.41) is 8.76. The van der Waals surface area contributed by atoms with Gasteiger partial charge in [-0.15, -0.1) is 0 Å². The zero-order valence-corrected chi connectivity index (χ0v) is 16.4. The van der Waals surface area contributed by atoms with Crippen molar-refractivity contribution in [3.05, 3.63) is 76.4 Å². The lowest BCUT2D eigenvalue weighted by atomic mass is 9.96. The number of benzene rings is 2. The fourth-order valence-electron chi connectivity index (χ4n) is 3.41. The van der Waals surface area contributed by atoms with Crippen LogP contribution in [-0.2, 0) is 28.5 Å². The predicted molar refractivity (Wildman–Crippen MR) is 106 cm³/mol. The first-order valence-corrected chi connectivity index (χ1v) is 9.69. The van der Waals surface area contributed by atoms with Gasteiger partial charge in [0.25, 0.3) is 0 Å². The third-order valence-electron chi connectivity index (χ3n) is 4.99. The number of carboxylic acid groups (broad SMARTS) is 1. The highest BCUT2D eigenvalue weighted by Crippen LogP contribution is 2.35. The lowest BCUT2D eigenvalue weighted by molar-refractivity contribution is -0.140. The van der Waals surface area contributed by atoms with Crippen LogP contribution >= 0.6 is 0 Å². The molecule has 0 saturated carbocycles. The molecule has 0 unspecified atom stereocenters. The Morgan fingerprint density at radius 2 is 1.87 bits per heavy atom. The summed E-state index contributed by atoms with van der Waals surface area (Å²) in [4.78, 5) is 10.7. The fourth-order valence-corrected chi connectivity index (χ4v) is 3.41. The van der Waals surface area contributed by atoms with Gasteiger partial charge in [0.1, 0.15) is 12.4 Å². The first-order chi connectivity index (χ1) is 14.3. The number of hydrogen-bond donors (Lipinski definition) is 1. The molecule has 0 saturated heterocycles. The lowest BCUT2D eigenvalue weighted by Crippen LogP contribution is -2.18. The summed E-state index contributed by atoms with van der Waals surface area (Å²) in [6.07, 6.45) is -3.62. The van der Waals surface area contributed by atoms with Crippen molar-refractivity contribution in [3.63, 3.8) is 0 Å². The van der Waals surface area contributed by atoms with E-state index in [9.17, 15) is 18.0 Å². The molecule has 0 atom stereocenters. The van der Waals surface area contributed by atoms with E-state index in [4.69, 9.17) is 14.6 Å².